The molecule has 2 aromatic rings. The van der Waals surface area contributed by atoms with Gasteiger partial charge < -0.3 is 4.42 Å². The fourth-order valence-electron chi connectivity index (χ4n) is 0.927. The molecule has 0 spiro atoms. The summed E-state index contributed by atoms with van der Waals surface area (Å²) in [4.78, 5) is 4.77. The van der Waals surface area contributed by atoms with Crippen molar-refractivity contribution in [2.75, 3.05) is 0 Å². The Hall–Kier alpha value is 0.0600. The number of hydrogen-bond acceptors (Lipinski definition) is 3. The smallest absolute Gasteiger partial charge is 0.258 e. The van der Waals surface area contributed by atoms with Crippen molar-refractivity contribution in [3.05, 3.63) is 21.1 Å². The standard InChI is InChI=1S/C7H3ClINOS/c8-3-1-2-4-5(6(3)12)11-7(9)10-4/h1-2,12H. The number of rotatable bonds is 0. The maximum atomic E-state index is 5.83. The first-order valence-electron chi connectivity index (χ1n) is 3.12. The molecule has 0 bridgehead atoms. The van der Waals surface area contributed by atoms with Crippen LogP contribution in [0.25, 0.3) is 11.1 Å². The summed E-state index contributed by atoms with van der Waals surface area (Å²) in [6, 6.07) is 3.56. The second-order valence-electron chi connectivity index (χ2n) is 2.21. The number of hydrogen-bond donors (Lipinski definition) is 1. The van der Waals surface area contributed by atoms with Crippen molar-refractivity contribution in [2.24, 2.45) is 0 Å². The van der Waals surface area contributed by atoms with Gasteiger partial charge in [0.15, 0.2) is 5.58 Å². The van der Waals surface area contributed by atoms with E-state index in [0.717, 1.165) is 5.52 Å². The molecule has 1 aromatic carbocycles. The molecule has 0 atom stereocenters. The minimum atomic E-state index is 0.582. The van der Waals surface area contributed by atoms with Crippen LogP contribution in [-0.2, 0) is 0 Å². The monoisotopic (exact) mass is 311 g/mol. The molecule has 2 rings (SSSR count). The fraction of sp³-hybridized carbons (Fsp3) is 0. The van der Waals surface area contributed by atoms with Gasteiger partial charge in [0.1, 0.15) is 5.52 Å². The van der Waals surface area contributed by atoms with Gasteiger partial charge >= 0.3 is 0 Å². The summed E-state index contributed by atoms with van der Waals surface area (Å²) in [6.07, 6.45) is 0. The highest BCUT2D eigenvalue weighted by Crippen LogP contribution is 2.29. The summed E-state index contributed by atoms with van der Waals surface area (Å²) in [7, 11) is 0. The molecule has 0 aliphatic carbocycles. The summed E-state index contributed by atoms with van der Waals surface area (Å²) in [6.45, 7) is 0. The average Bonchev–Trinajstić information content (AvgIpc) is 2.39. The molecule has 12 heavy (non-hydrogen) atoms. The zero-order valence-electron chi connectivity index (χ0n) is 5.71. The van der Waals surface area contributed by atoms with Gasteiger partial charge in [0.25, 0.3) is 3.90 Å². The number of benzene rings is 1. The third-order valence-corrected chi connectivity index (χ3v) is 2.81. The predicted molar refractivity (Wildman–Crippen MR) is 59.0 cm³/mol. The molecular weight excluding hydrogens is 309 g/mol. The van der Waals surface area contributed by atoms with Gasteiger partial charge in [-0.05, 0) is 12.1 Å². The van der Waals surface area contributed by atoms with Crippen molar-refractivity contribution in [1.29, 1.82) is 0 Å². The van der Waals surface area contributed by atoms with Crippen LogP contribution in [0.4, 0.5) is 0 Å². The molecule has 0 aliphatic rings. The van der Waals surface area contributed by atoms with Crippen LogP contribution in [0.3, 0.4) is 0 Å². The number of aromatic nitrogens is 1. The summed E-state index contributed by atoms with van der Waals surface area (Å²) >= 11 is 12.0. The Morgan fingerprint density at radius 2 is 2.25 bits per heavy atom. The van der Waals surface area contributed by atoms with E-state index in [1.807, 2.05) is 28.7 Å². The van der Waals surface area contributed by atoms with Gasteiger partial charge in [-0.15, -0.1) is 12.6 Å². The quantitative estimate of drug-likeness (QED) is 0.596. The SMILES string of the molecule is Sc1c(Cl)ccc2nc(I)oc12. The Morgan fingerprint density at radius 3 is 3.00 bits per heavy atom. The van der Waals surface area contributed by atoms with Gasteiger partial charge in [0.05, 0.1) is 9.92 Å². The molecule has 0 fully saturated rings. The molecule has 62 valence electrons. The predicted octanol–water partition coefficient (Wildman–Crippen LogP) is 3.37. The van der Waals surface area contributed by atoms with E-state index in [2.05, 4.69) is 17.6 Å². The lowest BCUT2D eigenvalue weighted by molar-refractivity contribution is 0.561. The van der Waals surface area contributed by atoms with E-state index in [9.17, 15) is 0 Å². The van der Waals surface area contributed by atoms with Gasteiger partial charge in [-0.2, -0.15) is 0 Å². The first kappa shape index (κ1) is 8.65. The van der Waals surface area contributed by atoms with Crippen LogP contribution >= 0.6 is 46.8 Å². The minimum absolute atomic E-state index is 0.582. The number of thiol groups is 1. The van der Waals surface area contributed by atoms with E-state index in [1.54, 1.807) is 6.07 Å². The molecule has 0 unspecified atom stereocenters. The summed E-state index contributed by atoms with van der Waals surface area (Å²) in [5, 5.41) is 0.582. The number of fused-ring (bicyclic) bond motifs is 1. The highest BCUT2D eigenvalue weighted by Gasteiger charge is 2.08. The Balaban J connectivity index is 2.89. The van der Waals surface area contributed by atoms with Crippen LogP contribution in [0.1, 0.15) is 0 Å². The maximum absolute atomic E-state index is 5.83. The van der Waals surface area contributed by atoms with Crippen LogP contribution in [-0.4, -0.2) is 4.98 Å². The summed E-state index contributed by atoms with van der Waals surface area (Å²) < 4.78 is 5.89. The zero-order chi connectivity index (χ0) is 8.72. The number of halogens is 2. The zero-order valence-corrected chi connectivity index (χ0v) is 9.52. The van der Waals surface area contributed by atoms with E-state index < -0.39 is 0 Å². The molecule has 1 aromatic heterocycles. The lowest BCUT2D eigenvalue weighted by Crippen LogP contribution is -1.71. The molecule has 0 radical (unpaired) electrons. The van der Waals surface area contributed by atoms with Crippen molar-refractivity contribution >= 4 is 57.9 Å². The minimum Gasteiger partial charge on any atom is -0.431 e. The lowest BCUT2D eigenvalue weighted by atomic mass is 10.3. The Bertz CT molecular complexity index is 442. The van der Waals surface area contributed by atoms with E-state index in [0.29, 0.717) is 19.4 Å². The van der Waals surface area contributed by atoms with Gasteiger partial charge in [0, 0.05) is 22.6 Å². The number of oxazole rings is 1. The fourth-order valence-corrected chi connectivity index (χ4v) is 1.79. The van der Waals surface area contributed by atoms with Gasteiger partial charge in [-0.3, -0.25) is 0 Å². The molecule has 0 amide bonds. The molecular formula is C7H3ClINOS. The lowest BCUT2D eigenvalue weighted by Gasteiger charge is -1.93. The first-order chi connectivity index (χ1) is 5.68. The second-order valence-corrected chi connectivity index (χ2v) is 3.99. The summed E-state index contributed by atoms with van der Waals surface area (Å²) in [5.41, 5.74) is 1.43. The highest BCUT2D eigenvalue weighted by atomic mass is 127. The van der Waals surface area contributed by atoms with Gasteiger partial charge in [-0.1, -0.05) is 11.6 Å². The largest absolute Gasteiger partial charge is 0.431 e. The van der Waals surface area contributed by atoms with Gasteiger partial charge in [0.2, 0.25) is 0 Å². The van der Waals surface area contributed by atoms with E-state index >= 15 is 0 Å². The molecule has 2 nitrogen and oxygen atoms in total. The third kappa shape index (κ3) is 1.31. The molecule has 5 heteroatoms. The van der Waals surface area contributed by atoms with E-state index in [-0.39, 0.29) is 0 Å². The average molecular weight is 312 g/mol. The third-order valence-electron chi connectivity index (χ3n) is 1.46. The second kappa shape index (κ2) is 3.08. The Labute approximate surface area is 92.8 Å². The van der Waals surface area contributed by atoms with Crippen molar-refractivity contribution in [3.63, 3.8) is 0 Å². The Morgan fingerprint density at radius 1 is 1.50 bits per heavy atom. The molecule has 0 N–H and O–H groups in total. The molecule has 0 aliphatic heterocycles. The summed E-state index contributed by atoms with van der Waals surface area (Å²) in [5.74, 6) is 0. The molecule has 0 saturated carbocycles. The van der Waals surface area contributed by atoms with Crippen molar-refractivity contribution in [3.8, 4) is 0 Å². The van der Waals surface area contributed by atoms with Crippen LogP contribution in [0.5, 0.6) is 0 Å². The molecule has 0 saturated heterocycles. The maximum Gasteiger partial charge on any atom is 0.258 e. The number of nitrogens with zero attached hydrogens (tertiary/aromatic N) is 1. The normalized spacial score (nSPS) is 10.9. The molecule has 1 heterocycles. The van der Waals surface area contributed by atoms with Crippen LogP contribution in [0.15, 0.2) is 21.4 Å². The van der Waals surface area contributed by atoms with Crippen LogP contribution in [0.2, 0.25) is 5.02 Å². The van der Waals surface area contributed by atoms with Crippen molar-refractivity contribution in [1.82, 2.24) is 4.98 Å². The van der Waals surface area contributed by atoms with E-state index in [4.69, 9.17) is 16.0 Å². The van der Waals surface area contributed by atoms with Crippen molar-refractivity contribution in [2.45, 2.75) is 4.90 Å². The van der Waals surface area contributed by atoms with Crippen LogP contribution < -0.4 is 0 Å². The Kier molecular flexibility index (Phi) is 2.22. The topological polar surface area (TPSA) is 26.0 Å². The first-order valence-corrected chi connectivity index (χ1v) is 5.02. The van der Waals surface area contributed by atoms with Crippen molar-refractivity contribution < 1.29 is 4.42 Å². The highest BCUT2D eigenvalue weighted by molar-refractivity contribution is 14.1. The van der Waals surface area contributed by atoms with E-state index in [1.165, 1.54) is 0 Å². The van der Waals surface area contributed by atoms with Gasteiger partial charge in [-0.25, -0.2) is 4.98 Å². The van der Waals surface area contributed by atoms with Crippen LogP contribution in [0, 0.1) is 3.90 Å².